The summed E-state index contributed by atoms with van der Waals surface area (Å²) in [5.74, 6) is 9.25. The SMILES string of the molecule is COc1ccc2c(c1O)C(=O)c1c3c(cc(O)c1C2=O)[C@@]12O[C@@]1([C@@H](C)O)[C@H](C#CCCC#C[C@H]2O)N3. The largest absolute Gasteiger partial charge is 0.507 e. The molecule has 182 valence electrons. The van der Waals surface area contributed by atoms with Gasteiger partial charge < -0.3 is 35.2 Å². The first-order valence-corrected chi connectivity index (χ1v) is 11.4. The van der Waals surface area contributed by atoms with E-state index >= 15 is 0 Å². The van der Waals surface area contributed by atoms with Crippen molar-refractivity contribution in [3.63, 3.8) is 0 Å². The highest BCUT2D eigenvalue weighted by atomic mass is 16.7. The van der Waals surface area contributed by atoms with Crippen LogP contribution in [0.4, 0.5) is 5.69 Å². The van der Waals surface area contributed by atoms with Crippen LogP contribution in [0.15, 0.2) is 18.2 Å². The van der Waals surface area contributed by atoms with Gasteiger partial charge in [0.2, 0.25) is 5.78 Å². The van der Waals surface area contributed by atoms with E-state index in [4.69, 9.17) is 9.47 Å². The summed E-state index contributed by atoms with van der Waals surface area (Å²) in [5, 5.41) is 46.9. The molecule has 36 heavy (non-hydrogen) atoms. The number of epoxide rings is 1. The summed E-state index contributed by atoms with van der Waals surface area (Å²) < 4.78 is 11.3. The topological polar surface area (TPSA) is 149 Å². The summed E-state index contributed by atoms with van der Waals surface area (Å²) in [6, 6.07) is 3.09. The molecule has 1 fully saturated rings. The van der Waals surface area contributed by atoms with Crippen LogP contribution in [-0.4, -0.2) is 63.0 Å². The number of carbonyl (C=O) groups excluding carboxylic acids is 2. The van der Waals surface area contributed by atoms with Crippen LogP contribution in [-0.2, 0) is 10.3 Å². The Kier molecular flexibility index (Phi) is 4.52. The van der Waals surface area contributed by atoms with Crippen molar-refractivity contribution in [2.45, 2.75) is 49.2 Å². The van der Waals surface area contributed by atoms with Crippen LogP contribution >= 0.6 is 0 Å². The number of benzene rings is 2. The van der Waals surface area contributed by atoms with Gasteiger partial charge in [0.05, 0.1) is 35.6 Å². The van der Waals surface area contributed by atoms with Crippen molar-refractivity contribution >= 4 is 17.3 Å². The average molecular weight is 487 g/mol. The first-order chi connectivity index (χ1) is 17.2. The lowest BCUT2D eigenvalue weighted by molar-refractivity contribution is 0.0866. The molecule has 2 heterocycles. The number of nitrogens with one attached hydrogen (secondary N) is 1. The van der Waals surface area contributed by atoms with E-state index in [0.717, 1.165) is 0 Å². The summed E-state index contributed by atoms with van der Waals surface area (Å²) >= 11 is 0. The zero-order valence-corrected chi connectivity index (χ0v) is 19.3. The van der Waals surface area contributed by atoms with E-state index in [1.807, 2.05) is 0 Å². The molecule has 5 N–H and O–H groups in total. The molecule has 1 saturated heterocycles. The minimum atomic E-state index is -1.63. The quantitative estimate of drug-likeness (QED) is 0.204. The third-order valence-corrected chi connectivity index (χ3v) is 7.45. The maximum Gasteiger partial charge on any atom is 0.200 e. The molecular weight excluding hydrogens is 466 g/mol. The number of aliphatic hydroxyl groups is 2. The summed E-state index contributed by atoms with van der Waals surface area (Å²) in [5.41, 5.74) is -3.56. The molecule has 0 unspecified atom stereocenters. The second-order valence-electron chi connectivity index (χ2n) is 9.19. The Balaban J connectivity index is 1.67. The molecule has 2 aromatic rings. The predicted octanol–water partition coefficient (Wildman–Crippen LogP) is 1.18. The molecule has 5 atom stereocenters. The second kappa shape index (κ2) is 7.25. The van der Waals surface area contributed by atoms with Gasteiger partial charge in [-0.2, -0.15) is 0 Å². The number of anilines is 1. The van der Waals surface area contributed by atoms with Crippen LogP contribution in [0.3, 0.4) is 0 Å². The third-order valence-electron chi connectivity index (χ3n) is 7.45. The molecule has 2 aliphatic carbocycles. The number of hydrogen-bond acceptors (Lipinski definition) is 9. The van der Waals surface area contributed by atoms with E-state index in [0.29, 0.717) is 12.8 Å². The first kappa shape index (κ1) is 22.4. The van der Waals surface area contributed by atoms with E-state index in [1.165, 1.54) is 32.2 Å². The number of aromatic hydroxyl groups is 2. The van der Waals surface area contributed by atoms with E-state index in [9.17, 15) is 30.0 Å². The van der Waals surface area contributed by atoms with Gasteiger partial charge in [0.1, 0.15) is 11.8 Å². The molecule has 0 amide bonds. The molecule has 0 aromatic heterocycles. The van der Waals surface area contributed by atoms with Gasteiger partial charge in [-0.25, -0.2) is 0 Å². The van der Waals surface area contributed by atoms with Crippen LogP contribution in [0.25, 0.3) is 0 Å². The Morgan fingerprint density at radius 1 is 1.11 bits per heavy atom. The van der Waals surface area contributed by atoms with Crippen LogP contribution in [0.1, 0.15) is 57.2 Å². The molecule has 2 aliphatic heterocycles. The normalized spacial score (nSPS) is 29.4. The fourth-order valence-corrected chi connectivity index (χ4v) is 5.78. The number of aliphatic hydroxyl groups excluding tert-OH is 2. The summed E-state index contributed by atoms with van der Waals surface area (Å²) in [4.78, 5) is 27.3. The Bertz CT molecular complexity index is 1520. The fourth-order valence-electron chi connectivity index (χ4n) is 5.78. The maximum atomic E-state index is 13.8. The molecule has 2 bridgehead atoms. The minimum Gasteiger partial charge on any atom is -0.507 e. The average Bonchev–Trinajstić information content (AvgIpc) is 3.58. The lowest BCUT2D eigenvalue weighted by Crippen LogP contribution is -2.54. The number of methoxy groups -OCH3 is 1. The van der Waals surface area contributed by atoms with E-state index in [1.54, 1.807) is 0 Å². The molecule has 0 saturated carbocycles. The van der Waals surface area contributed by atoms with E-state index < -0.39 is 52.5 Å². The Morgan fingerprint density at radius 3 is 2.53 bits per heavy atom. The van der Waals surface area contributed by atoms with Gasteiger partial charge >= 0.3 is 0 Å². The number of fused-ring (bicyclic) bond motifs is 4. The molecular formula is C27H21NO8. The van der Waals surface area contributed by atoms with Crippen molar-refractivity contribution in [3.05, 3.63) is 46.0 Å². The van der Waals surface area contributed by atoms with Gasteiger partial charge in [0, 0.05) is 24.0 Å². The summed E-state index contributed by atoms with van der Waals surface area (Å²) in [7, 11) is 1.32. The van der Waals surface area contributed by atoms with Crippen LogP contribution in [0, 0.1) is 23.7 Å². The number of phenolic OH excluding ortho intramolecular Hbond substituents is 2. The Labute approximate surface area is 205 Å². The molecule has 0 spiro atoms. The zero-order valence-electron chi connectivity index (χ0n) is 19.3. The van der Waals surface area contributed by atoms with Crippen molar-refractivity contribution in [3.8, 4) is 40.9 Å². The molecule has 2 aromatic carbocycles. The van der Waals surface area contributed by atoms with Crippen molar-refractivity contribution in [2.75, 3.05) is 12.4 Å². The van der Waals surface area contributed by atoms with Crippen molar-refractivity contribution in [1.29, 1.82) is 0 Å². The lowest BCUT2D eigenvalue weighted by atomic mass is 9.69. The summed E-state index contributed by atoms with van der Waals surface area (Å²) in [6.07, 6.45) is -1.72. The third kappa shape index (κ3) is 2.47. The lowest BCUT2D eigenvalue weighted by Gasteiger charge is -2.37. The van der Waals surface area contributed by atoms with E-state index in [-0.39, 0.29) is 39.3 Å². The predicted molar refractivity (Wildman–Crippen MR) is 125 cm³/mol. The Hall–Kier alpha value is -4.02. The van der Waals surface area contributed by atoms with Gasteiger partial charge in [-0.3, -0.25) is 9.59 Å². The number of ether oxygens (including phenoxy) is 2. The van der Waals surface area contributed by atoms with Crippen molar-refractivity contribution in [2.24, 2.45) is 0 Å². The summed E-state index contributed by atoms with van der Waals surface area (Å²) in [6.45, 7) is 1.50. The molecule has 4 aliphatic rings. The number of carbonyl (C=O) groups is 2. The smallest absolute Gasteiger partial charge is 0.200 e. The van der Waals surface area contributed by atoms with Gasteiger partial charge in [0.25, 0.3) is 0 Å². The number of rotatable bonds is 2. The highest BCUT2D eigenvalue weighted by molar-refractivity contribution is 6.32. The van der Waals surface area contributed by atoms with E-state index in [2.05, 4.69) is 29.0 Å². The molecule has 6 rings (SSSR count). The van der Waals surface area contributed by atoms with Crippen molar-refractivity contribution < 1.29 is 39.5 Å². The number of phenols is 2. The fraction of sp³-hybridized carbons (Fsp3) is 0.333. The number of ketones is 2. The molecule has 0 radical (unpaired) electrons. The van der Waals surface area contributed by atoms with Crippen LogP contribution < -0.4 is 10.1 Å². The highest BCUT2D eigenvalue weighted by Crippen LogP contribution is 2.67. The van der Waals surface area contributed by atoms with Gasteiger partial charge in [-0.1, -0.05) is 17.8 Å². The van der Waals surface area contributed by atoms with Gasteiger partial charge in [-0.15, -0.1) is 5.92 Å². The van der Waals surface area contributed by atoms with Crippen molar-refractivity contribution in [1.82, 2.24) is 0 Å². The molecule has 9 nitrogen and oxygen atoms in total. The zero-order chi connectivity index (χ0) is 25.6. The standard InChI is InChI=1S/C27H21NO8/c1-12(29)26-17-7-5-3-4-6-8-18(31)27(26,36-26)14-11-15(30)20-21(22(14)28-17)25(34)19-13(23(20)32)9-10-16(35-2)24(19)33/h9-12,17-18,28-31,33H,3-4H2,1-2H3/t12-,17+,18-,26+,27+/m1/s1. The maximum absolute atomic E-state index is 13.8. The highest BCUT2D eigenvalue weighted by Gasteiger charge is 2.82. The van der Waals surface area contributed by atoms with Crippen LogP contribution in [0.5, 0.6) is 17.2 Å². The Morgan fingerprint density at radius 2 is 1.83 bits per heavy atom. The second-order valence-corrected chi connectivity index (χ2v) is 9.19. The van der Waals surface area contributed by atoms with Gasteiger partial charge in [-0.05, 0) is 25.1 Å². The first-order valence-electron chi connectivity index (χ1n) is 11.4. The monoisotopic (exact) mass is 487 g/mol. The van der Waals surface area contributed by atoms with Crippen LogP contribution in [0.2, 0.25) is 0 Å². The number of hydrogen-bond donors (Lipinski definition) is 5. The minimum absolute atomic E-state index is 0.00651. The molecule has 9 heteroatoms. The van der Waals surface area contributed by atoms with Gasteiger partial charge in [0.15, 0.2) is 34.6 Å².